The van der Waals surface area contributed by atoms with Crippen LogP contribution in [0.5, 0.6) is 0 Å². The molecule has 0 fully saturated rings. The van der Waals surface area contributed by atoms with Crippen LogP contribution in [0.25, 0.3) is 0 Å². The lowest BCUT2D eigenvalue weighted by molar-refractivity contribution is -0.496. The molecule has 0 aliphatic rings. The summed E-state index contributed by atoms with van der Waals surface area (Å²) in [6.07, 6.45) is 3.25. The van der Waals surface area contributed by atoms with Crippen LogP contribution in [0.2, 0.25) is 0 Å². The van der Waals surface area contributed by atoms with Crippen LogP contribution in [0.15, 0.2) is 0 Å². The Bertz CT molecular complexity index is 206. The van der Waals surface area contributed by atoms with E-state index in [0.717, 1.165) is 25.7 Å². The third-order valence-electron chi connectivity index (χ3n) is 1.64. The van der Waals surface area contributed by atoms with Gasteiger partial charge in [0.2, 0.25) is 0 Å². The van der Waals surface area contributed by atoms with Gasteiger partial charge in [-0.25, -0.2) is 9.59 Å². The first-order valence-electron chi connectivity index (χ1n) is 5.72. The van der Waals surface area contributed by atoms with Gasteiger partial charge in [-0.2, -0.15) is 9.78 Å². The fraction of sp³-hybridized carbons (Fsp3) is 0.800. The molecule has 0 spiro atoms. The van der Waals surface area contributed by atoms with Crippen LogP contribution in [-0.4, -0.2) is 25.2 Å². The Balaban J connectivity index is 3.43. The Morgan fingerprint density at radius 2 is 1.17 bits per heavy atom. The third kappa shape index (κ3) is 9.97. The molecular weight excluding hydrogens is 248 g/mol. The van der Waals surface area contributed by atoms with Crippen molar-refractivity contribution in [1.29, 1.82) is 0 Å². The van der Waals surface area contributed by atoms with Gasteiger partial charge in [-0.05, 0) is 22.9 Å². The molecule has 18 heavy (non-hydrogen) atoms. The standard InChI is InChI=1S/C10H18O8/c1-3-5-7-13-17-15-9(11)10(12)16-18-14-8-6-4-2/h3-8H2,1-2H3. The third-order valence-corrected chi connectivity index (χ3v) is 1.64. The van der Waals surface area contributed by atoms with Crippen molar-refractivity contribution < 1.29 is 39.2 Å². The minimum Gasteiger partial charge on any atom is -0.255 e. The van der Waals surface area contributed by atoms with Crippen molar-refractivity contribution in [2.24, 2.45) is 0 Å². The maximum Gasteiger partial charge on any atom is 0.456 e. The van der Waals surface area contributed by atoms with Crippen LogP contribution in [-0.2, 0) is 39.2 Å². The van der Waals surface area contributed by atoms with Gasteiger partial charge in [0.05, 0.1) is 13.2 Å². The summed E-state index contributed by atoms with van der Waals surface area (Å²) in [6, 6.07) is 0. The highest BCUT2D eigenvalue weighted by Gasteiger charge is 2.21. The first-order valence-corrected chi connectivity index (χ1v) is 5.72. The van der Waals surface area contributed by atoms with Crippen molar-refractivity contribution in [3.63, 3.8) is 0 Å². The molecular formula is C10H18O8. The molecule has 0 bridgehead atoms. The Labute approximate surface area is 105 Å². The monoisotopic (exact) mass is 266 g/mol. The van der Waals surface area contributed by atoms with Crippen LogP contribution in [0.4, 0.5) is 0 Å². The van der Waals surface area contributed by atoms with Crippen LogP contribution in [0.3, 0.4) is 0 Å². The SMILES string of the molecule is CCCCOOOC(=O)C(=O)OOOCCCC. The van der Waals surface area contributed by atoms with Crippen LogP contribution >= 0.6 is 0 Å². The summed E-state index contributed by atoms with van der Waals surface area (Å²) in [5, 5.41) is 8.03. The quantitative estimate of drug-likeness (QED) is 0.254. The highest BCUT2D eigenvalue weighted by atomic mass is 17.5. The minimum absolute atomic E-state index is 0.245. The molecule has 0 aromatic carbocycles. The Kier molecular flexibility index (Phi) is 11.4. The Morgan fingerprint density at radius 1 is 0.778 bits per heavy atom. The lowest BCUT2D eigenvalue weighted by Crippen LogP contribution is -2.21. The topological polar surface area (TPSA) is 89.5 Å². The van der Waals surface area contributed by atoms with Gasteiger partial charge in [0.25, 0.3) is 0 Å². The molecule has 0 unspecified atom stereocenters. The maximum absolute atomic E-state index is 10.9. The van der Waals surface area contributed by atoms with Crippen LogP contribution in [0.1, 0.15) is 39.5 Å². The van der Waals surface area contributed by atoms with Gasteiger partial charge in [0.1, 0.15) is 0 Å². The summed E-state index contributed by atoms with van der Waals surface area (Å²) in [6.45, 7) is 4.39. The average Bonchev–Trinajstić information content (AvgIpc) is 2.37. The van der Waals surface area contributed by atoms with Gasteiger partial charge in [-0.1, -0.05) is 26.7 Å². The van der Waals surface area contributed by atoms with Gasteiger partial charge in [-0.3, -0.25) is 9.78 Å². The van der Waals surface area contributed by atoms with E-state index in [9.17, 15) is 9.59 Å². The molecule has 0 saturated heterocycles. The number of hydrogen-bond donors (Lipinski definition) is 0. The van der Waals surface area contributed by atoms with Crippen molar-refractivity contribution >= 4 is 11.9 Å². The van der Waals surface area contributed by atoms with E-state index < -0.39 is 11.9 Å². The first kappa shape index (κ1) is 16.8. The lowest BCUT2D eigenvalue weighted by atomic mass is 10.4. The number of rotatable bonds is 10. The minimum atomic E-state index is -1.41. The first-order chi connectivity index (χ1) is 8.72. The van der Waals surface area contributed by atoms with E-state index in [1.807, 2.05) is 13.8 Å². The van der Waals surface area contributed by atoms with Gasteiger partial charge in [0.15, 0.2) is 0 Å². The Morgan fingerprint density at radius 3 is 1.50 bits per heavy atom. The van der Waals surface area contributed by atoms with Crippen molar-refractivity contribution in [1.82, 2.24) is 0 Å². The van der Waals surface area contributed by atoms with E-state index >= 15 is 0 Å². The van der Waals surface area contributed by atoms with Gasteiger partial charge in [0, 0.05) is 0 Å². The van der Waals surface area contributed by atoms with E-state index in [1.54, 1.807) is 0 Å². The Hall–Kier alpha value is -1.22. The summed E-state index contributed by atoms with van der Waals surface area (Å²) >= 11 is 0. The molecule has 0 rings (SSSR count). The van der Waals surface area contributed by atoms with E-state index in [4.69, 9.17) is 0 Å². The van der Waals surface area contributed by atoms with E-state index in [-0.39, 0.29) is 13.2 Å². The van der Waals surface area contributed by atoms with Gasteiger partial charge < -0.3 is 0 Å². The van der Waals surface area contributed by atoms with E-state index in [2.05, 4.69) is 29.6 Å². The maximum atomic E-state index is 10.9. The summed E-state index contributed by atoms with van der Waals surface area (Å²) in [5.74, 6) is -2.82. The highest BCUT2D eigenvalue weighted by Crippen LogP contribution is 1.94. The molecule has 0 atom stereocenters. The summed E-state index contributed by atoms with van der Waals surface area (Å²) in [5.41, 5.74) is 0. The second kappa shape index (κ2) is 12.2. The number of carbonyl (C=O) groups is 2. The van der Waals surface area contributed by atoms with E-state index in [1.165, 1.54) is 0 Å². The zero-order valence-corrected chi connectivity index (χ0v) is 10.5. The zero-order valence-electron chi connectivity index (χ0n) is 10.5. The van der Waals surface area contributed by atoms with Gasteiger partial charge >= 0.3 is 11.9 Å². The number of hydrogen-bond acceptors (Lipinski definition) is 8. The van der Waals surface area contributed by atoms with Crippen molar-refractivity contribution in [2.45, 2.75) is 39.5 Å². The fourth-order valence-corrected chi connectivity index (χ4v) is 0.653. The van der Waals surface area contributed by atoms with Gasteiger partial charge in [-0.15, -0.1) is 0 Å². The average molecular weight is 266 g/mol. The highest BCUT2D eigenvalue weighted by molar-refractivity contribution is 6.29. The molecule has 0 aliphatic heterocycles. The molecule has 8 heteroatoms. The number of unbranched alkanes of at least 4 members (excludes halogenated alkanes) is 2. The largest absolute Gasteiger partial charge is 0.456 e. The molecule has 0 radical (unpaired) electrons. The molecule has 0 aromatic rings. The molecule has 106 valence electrons. The summed E-state index contributed by atoms with van der Waals surface area (Å²) < 4.78 is 0. The normalized spacial score (nSPS) is 10.1. The van der Waals surface area contributed by atoms with E-state index in [0.29, 0.717) is 0 Å². The summed E-state index contributed by atoms with van der Waals surface area (Å²) in [7, 11) is 0. The molecule has 0 N–H and O–H groups in total. The molecule has 0 heterocycles. The zero-order chi connectivity index (χ0) is 13.6. The molecule has 0 aliphatic carbocycles. The number of carbonyl (C=O) groups excluding carboxylic acids is 2. The predicted octanol–water partition coefficient (Wildman–Crippen LogP) is 1.40. The van der Waals surface area contributed by atoms with Crippen LogP contribution < -0.4 is 0 Å². The molecule has 0 aromatic heterocycles. The fourth-order valence-electron chi connectivity index (χ4n) is 0.653. The molecule has 0 amide bonds. The van der Waals surface area contributed by atoms with Crippen molar-refractivity contribution in [2.75, 3.05) is 13.2 Å². The van der Waals surface area contributed by atoms with Crippen LogP contribution in [0, 0.1) is 0 Å². The predicted molar refractivity (Wildman–Crippen MR) is 56.1 cm³/mol. The second-order valence-corrected chi connectivity index (χ2v) is 3.23. The van der Waals surface area contributed by atoms with Crippen molar-refractivity contribution in [3.8, 4) is 0 Å². The molecule has 0 saturated carbocycles. The lowest BCUT2D eigenvalue weighted by Gasteiger charge is -2.02. The molecule has 8 nitrogen and oxygen atoms in total. The smallest absolute Gasteiger partial charge is 0.255 e. The summed E-state index contributed by atoms with van der Waals surface area (Å²) in [4.78, 5) is 38.5. The van der Waals surface area contributed by atoms with Crippen molar-refractivity contribution in [3.05, 3.63) is 0 Å². The second-order valence-electron chi connectivity index (χ2n) is 3.23.